The molecule has 1 aromatic carbocycles. The highest BCUT2D eigenvalue weighted by Gasteiger charge is 2.38. The van der Waals surface area contributed by atoms with Crippen molar-refractivity contribution >= 4 is 22.4 Å². The van der Waals surface area contributed by atoms with Crippen LogP contribution in [0.2, 0.25) is 0 Å². The van der Waals surface area contributed by atoms with Gasteiger partial charge in [-0.1, -0.05) is 6.92 Å². The fraction of sp³-hybridized carbons (Fsp3) is 0.462. The number of nitrogens with zero attached hydrogens (tertiary/aromatic N) is 2. The summed E-state index contributed by atoms with van der Waals surface area (Å²) in [5.41, 5.74) is 6.00. The van der Waals surface area contributed by atoms with E-state index < -0.39 is 10.0 Å². The van der Waals surface area contributed by atoms with Gasteiger partial charge in [-0.2, -0.15) is 9.57 Å². The molecule has 0 radical (unpaired) electrons. The van der Waals surface area contributed by atoms with E-state index >= 15 is 0 Å². The van der Waals surface area contributed by atoms with Crippen LogP contribution in [0, 0.1) is 16.7 Å². The predicted octanol–water partition coefficient (Wildman–Crippen LogP) is 1.34. The Balaban J connectivity index is 0.00000200. The van der Waals surface area contributed by atoms with Crippen LogP contribution >= 0.6 is 12.4 Å². The van der Waals surface area contributed by atoms with Crippen molar-refractivity contribution in [1.82, 2.24) is 4.31 Å². The smallest absolute Gasteiger partial charge is 0.243 e. The lowest BCUT2D eigenvalue weighted by atomic mass is 9.90. The highest BCUT2D eigenvalue weighted by molar-refractivity contribution is 7.89. The molecule has 1 aliphatic rings. The molecule has 20 heavy (non-hydrogen) atoms. The minimum Gasteiger partial charge on any atom is -0.330 e. The average Bonchev–Trinajstić information content (AvgIpc) is 2.83. The van der Waals surface area contributed by atoms with Crippen molar-refractivity contribution < 1.29 is 8.42 Å². The van der Waals surface area contributed by atoms with E-state index in [0.717, 1.165) is 6.42 Å². The first-order chi connectivity index (χ1) is 8.91. The Morgan fingerprint density at radius 1 is 1.40 bits per heavy atom. The van der Waals surface area contributed by atoms with Crippen molar-refractivity contribution in [2.75, 3.05) is 19.6 Å². The van der Waals surface area contributed by atoms with Crippen LogP contribution in [0.1, 0.15) is 18.9 Å². The van der Waals surface area contributed by atoms with Crippen molar-refractivity contribution in [3.05, 3.63) is 29.8 Å². The number of benzene rings is 1. The van der Waals surface area contributed by atoms with Crippen molar-refractivity contribution in [3.8, 4) is 6.07 Å². The third-order valence-corrected chi connectivity index (χ3v) is 5.50. The minimum atomic E-state index is -3.48. The van der Waals surface area contributed by atoms with Gasteiger partial charge in [0.15, 0.2) is 0 Å². The molecule has 2 rings (SSSR count). The molecule has 5 nitrogen and oxygen atoms in total. The summed E-state index contributed by atoms with van der Waals surface area (Å²) < 4.78 is 26.4. The number of rotatable bonds is 3. The number of nitriles is 1. The molecule has 1 atom stereocenters. The van der Waals surface area contributed by atoms with Gasteiger partial charge in [0.25, 0.3) is 0 Å². The van der Waals surface area contributed by atoms with Crippen LogP contribution in [-0.4, -0.2) is 32.4 Å². The van der Waals surface area contributed by atoms with Crippen LogP contribution in [0.5, 0.6) is 0 Å². The lowest BCUT2D eigenvalue weighted by Gasteiger charge is -2.22. The number of halogens is 1. The molecule has 0 saturated carbocycles. The van der Waals surface area contributed by atoms with E-state index in [1.54, 1.807) is 0 Å². The quantitative estimate of drug-likeness (QED) is 0.911. The summed E-state index contributed by atoms with van der Waals surface area (Å²) in [6.07, 6.45) is 0.777. The molecule has 0 bridgehead atoms. The Labute approximate surface area is 125 Å². The van der Waals surface area contributed by atoms with E-state index in [2.05, 4.69) is 0 Å². The van der Waals surface area contributed by atoms with Gasteiger partial charge in [0, 0.05) is 13.1 Å². The summed E-state index contributed by atoms with van der Waals surface area (Å²) in [7, 11) is -3.48. The standard InChI is InChI=1S/C13H17N3O2S.ClH/c1-13(9-15)6-7-16(10-13)19(17,18)12-4-2-11(8-14)3-5-12;/h2-5H,6-7,9-10,15H2,1H3;1H. The Bertz CT molecular complexity index is 609. The van der Waals surface area contributed by atoms with Gasteiger partial charge in [0.05, 0.1) is 16.5 Å². The molecule has 0 amide bonds. The Kier molecular flexibility index (Phi) is 5.16. The number of hydrogen-bond acceptors (Lipinski definition) is 4. The molecule has 1 heterocycles. The predicted molar refractivity (Wildman–Crippen MR) is 78.9 cm³/mol. The van der Waals surface area contributed by atoms with Gasteiger partial charge in [0.1, 0.15) is 0 Å². The fourth-order valence-electron chi connectivity index (χ4n) is 2.20. The zero-order valence-electron chi connectivity index (χ0n) is 11.2. The molecule has 110 valence electrons. The van der Waals surface area contributed by atoms with Gasteiger partial charge in [-0.25, -0.2) is 8.42 Å². The maximum atomic E-state index is 12.4. The first kappa shape index (κ1) is 16.9. The summed E-state index contributed by atoms with van der Waals surface area (Å²) in [5.74, 6) is 0. The molecule has 1 saturated heterocycles. The molecule has 1 aromatic rings. The van der Waals surface area contributed by atoms with Crippen molar-refractivity contribution in [2.45, 2.75) is 18.2 Å². The number of sulfonamides is 1. The van der Waals surface area contributed by atoms with E-state index in [1.165, 1.54) is 28.6 Å². The molecular formula is C13H18ClN3O2S. The molecule has 1 fully saturated rings. The van der Waals surface area contributed by atoms with Crippen LogP contribution in [0.15, 0.2) is 29.2 Å². The Hall–Kier alpha value is -1.13. The topological polar surface area (TPSA) is 87.2 Å². The largest absolute Gasteiger partial charge is 0.330 e. The van der Waals surface area contributed by atoms with Gasteiger partial charge in [-0.15, -0.1) is 12.4 Å². The third kappa shape index (κ3) is 3.13. The van der Waals surface area contributed by atoms with E-state index in [0.29, 0.717) is 25.2 Å². The molecular weight excluding hydrogens is 298 g/mol. The van der Waals surface area contributed by atoms with E-state index in [1.807, 2.05) is 13.0 Å². The van der Waals surface area contributed by atoms with Crippen LogP contribution in [-0.2, 0) is 10.0 Å². The molecule has 0 aliphatic carbocycles. The lowest BCUT2D eigenvalue weighted by molar-refractivity contribution is 0.349. The molecule has 7 heteroatoms. The summed E-state index contributed by atoms with van der Waals surface area (Å²) in [4.78, 5) is 0.229. The normalized spacial score (nSPS) is 23.1. The first-order valence-electron chi connectivity index (χ1n) is 6.12. The Morgan fingerprint density at radius 2 is 2.00 bits per heavy atom. The maximum absolute atomic E-state index is 12.4. The first-order valence-corrected chi connectivity index (χ1v) is 7.56. The van der Waals surface area contributed by atoms with E-state index in [9.17, 15) is 8.42 Å². The zero-order valence-corrected chi connectivity index (χ0v) is 12.9. The minimum absolute atomic E-state index is 0. The lowest BCUT2D eigenvalue weighted by Crippen LogP contribution is -2.34. The van der Waals surface area contributed by atoms with Gasteiger partial charge in [-0.05, 0) is 42.6 Å². The highest BCUT2D eigenvalue weighted by atomic mass is 35.5. The van der Waals surface area contributed by atoms with E-state index in [4.69, 9.17) is 11.0 Å². The van der Waals surface area contributed by atoms with Crippen molar-refractivity contribution in [1.29, 1.82) is 5.26 Å². The summed E-state index contributed by atoms with van der Waals surface area (Å²) >= 11 is 0. The maximum Gasteiger partial charge on any atom is 0.243 e. The summed E-state index contributed by atoms with van der Waals surface area (Å²) in [5, 5.41) is 8.72. The average molecular weight is 316 g/mol. The van der Waals surface area contributed by atoms with Gasteiger partial charge >= 0.3 is 0 Å². The van der Waals surface area contributed by atoms with Gasteiger partial charge < -0.3 is 5.73 Å². The summed E-state index contributed by atoms with van der Waals surface area (Å²) in [6, 6.07) is 7.97. The second-order valence-corrected chi connectivity index (χ2v) is 7.18. The highest BCUT2D eigenvalue weighted by Crippen LogP contribution is 2.32. The summed E-state index contributed by atoms with van der Waals surface area (Å²) in [6.45, 7) is 3.43. The molecule has 1 aliphatic heterocycles. The molecule has 0 spiro atoms. The van der Waals surface area contributed by atoms with Gasteiger partial charge in [0.2, 0.25) is 10.0 Å². The Morgan fingerprint density at radius 3 is 2.45 bits per heavy atom. The molecule has 0 aromatic heterocycles. The fourth-order valence-corrected chi connectivity index (χ4v) is 3.79. The second kappa shape index (κ2) is 6.10. The number of hydrogen-bond donors (Lipinski definition) is 1. The van der Waals surface area contributed by atoms with Crippen LogP contribution in [0.4, 0.5) is 0 Å². The SMILES string of the molecule is CC1(CN)CCN(S(=O)(=O)c2ccc(C#N)cc2)C1.Cl. The zero-order chi connectivity index (χ0) is 14.1. The number of nitrogens with two attached hydrogens (primary N) is 1. The van der Waals surface area contributed by atoms with Crippen LogP contribution in [0.3, 0.4) is 0 Å². The monoisotopic (exact) mass is 315 g/mol. The molecule has 1 unspecified atom stereocenters. The van der Waals surface area contributed by atoms with Crippen molar-refractivity contribution in [3.63, 3.8) is 0 Å². The van der Waals surface area contributed by atoms with Crippen LogP contribution in [0.25, 0.3) is 0 Å². The van der Waals surface area contributed by atoms with Crippen molar-refractivity contribution in [2.24, 2.45) is 11.1 Å². The second-order valence-electron chi connectivity index (χ2n) is 5.24. The van der Waals surface area contributed by atoms with Gasteiger partial charge in [-0.3, -0.25) is 0 Å². The van der Waals surface area contributed by atoms with E-state index in [-0.39, 0.29) is 22.7 Å². The van der Waals surface area contributed by atoms with Crippen LogP contribution < -0.4 is 5.73 Å². The molecule has 2 N–H and O–H groups in total. The third-order valence-electron chi connectivity index (χ3n) is 3.64.